The number of hydrogen-bond acceptors (Lipinski definition) is 4. The summed E-state index contributed by atoms with van der Waals surface area (Å²) >= 11 is 0. The zero-order chi connectivity index (χ0) is 27.9. The number of carbonyl (C=O) groups excluding carboxylic acids is 1. The van der Waals surface area contributed by atoms with Crippen molar-refractivity contribution in [2.75, 3.05) is 13.2 Å². The van der Waals surface area contributed by atoms with Crippen LogP contribution in [0.4, 0.5) is 17.6 Å². The summed E-state index contributed by atoms with van der Waals surface area (Å²) in [5.74, 6) is 0.743. The molecule has 1 aliphatic rings. The van der Waals surface area contributed by atoms with Gasteiger partial charge in [-0.3, -0.25) is 4.79 Å². The van der Waals surface area contributed by atoms with Crippen molar-refractivity contribution in [3.8, 4) is 11.5 Å². The molecule has 1 saturated carbocycles. The third-order valence-electron chi connectivity index (χ3n) is 5.94. The van der Waals surface area contributed by atoms with E-state index in [9.17, 15) is 27.5 Å². The Bertz CT molecular complexity index is 886. The molecule has 0 atom stereocenters. The Morgan fingerprint density at radius 1 is 0.946 bits per heavy atom. The SMILES string of the molecule is CC(=O)C1CCC(O)(COc2ccc(F)cc2)CC1.CCCCC.Cc1ccc(OCC(F)(F)F)cc1. The summed E-state index contributed by atoms with van der Waals surface area (Å²) in [6.07, 6.45) is 2.35. The highest BCUT2D eigenvalue weighted by atomic mass is 19.4. The van der Waals surface area contributed by atoms with E-state index in [0.29, 0.717) is 31.4 Å². The fourth-order valence-electron chi connectivity index (χ4n) is 3.61. The predicted octanol–water partition coefficient (Wildman–Crippen LogP) is 7.85. The summed E-state index contributed by atoms with van der Waals surface area (Å²) in [7, 11) is 0. The van der Waals surface area contributed by atoms with E-state index in [-0.39, 0.29) is 29.9 Å². The molecule has 1 aliphatic carbocycles. The number of ether oxygens (including phenoxy) is 2. The van der Waals surface area contributed by atoms with Crippen molar-refractivity contribution in [2.45, 2.75) is 84.4 Å². The van der Waals surface area contributed by atoms with Gasteiger partial charge in [-0.15, -0.1) is 0 Å². The van der Waals surface area contributed by atoms with Gasteiger partial charge in [0.1, 0.15) is 29.7 Å². The van der Waals surface area contributed by atoms with Crippen molar-refractivity contribution < 1.29 is 36.9 Å². The third-order valence-corrected chi connectivity index (χ3v) is 5.94. The molecule has 2 aromatic carbocycles. The van der Waals surface area contributed by atoms with Gasteiger partial charge >= 0.3 is 6.18 Å². The lowest BCUT2D eigenvalue weighted by Crippen LogP contribution is -2.40. The van der Waals surface area contributed by atoms with Gasteiger partial charge in [0, 0.05) is 5.92 Å². The summed E-state index contributed by atoms with van der Waals surface area (Å²) in [6, 6.07) is 12.2. The highest BCUT2D eigenvalue weighted by Gasteiger charge is 2.35. The molecular weight excluding hydrogens is 488 g/mol. The molecule has 0 aromatic heterocycles. The maximum Gasteiger partial charge on any atom is 0.422 e. The molecule has 0 radical (unpaired) electrons. The van der Waals surface area contributed by atoms with Crippen molar-refractivity contribution in [3.05, 3.63) is 59.9 Å². The molecule has 3 rings (SSSR count). The predicted molar refractivity (Wildman–Crippen MR) is 137 cm³/mol. The van der Waals surface area contributed by atoms with Gasteiger partial charge in [0.25, 0.3) is 0 Å². The van der Waals surface area contributed by atoms with E-state index in [1.807, 2.05) is 6.92 Å². The Kier molecular flexibility index (Phi) is 14.3. The highest BCUT2D eigenvalue weighted by molar-refractivity contribution is 5.78. The second kappa shape index (κ2) is 16.3. The maximum absolute atomic E-state index is 12.7. The van der Waals surface area contributed by atoms with Crippen molar-refractivity contribution in [2.24, 2.45) is 5.92 Å². The largest absolute Gasteiger partial charge is 0.491 e. The Hall–Kier alpha value is -2.61. The lowest BCUT2D eigenvalue weighted by Gasteiger charge is -2.34. The topological polar surface area (TPSA) is 55.8 Å². The number of hydrogen-bond donors (Lipinski definition) is 1. The van der Waals surface area contributed by atoms with Crippen LogP contribution in [0.3, 0.4) is 0 Å². The van der Waals surface area contributed by atoms with E-state index in [0.717, 1.165) is 5.56 Å². The molecule has 8 heteroatoms. The van der Waals surface area contributed by atoms with E-state index < -0.39 is 18.4 Å². The molecule has 208 valence electrons. The van der Waals surface area contributed by atoms with Gasteiger partial charge in [-0.05, 0) is 75.9 Å². The van der Waals surface area contributed by atoms with E-state index in [2.05, 4.69) is 18.6 Å². The van der Waals surface area contributed by atoms with Crippen LogP contribution in [0.15, 0.2) is 48.5 Å². The minimum absolute atomic E-state index is 0.0751. The molecule has 0 bridgehead atoms. The van der Waals surface area contributed by atoms with Crippen molar-refractivity contribution >= 4 is 5.78 Å². The van der Waals surface area contributed by atoms with Gasteiger partial charge < -0.3 is 14.6 Å². The van der Waals surface area contributed by atoms with Crippen LogP contribution in [0.1, 0.15) is 71.3 Å². The van der Waals surface area contributed by atoms with Gasteiger partial charge in [-0.1, -0.05) is 50.8 Å². The Morgan fingerprint density at radius 2 is 1.43 bits per heavy atom. The van der Waals surface area contributed by atoms with Crippen LogP contribution >= 0.6 is 0 Å². The number of benzene rings is 2. The average Bonchev–Trinajstić information content (AvgIpc) is 2.84. The van der Waals surface area contributed by atoms with Gasteiger partial charge in [0.05, 0.1) is 5.60 Å². The summed E-state index contributed by atoms with van der Waals surface area (Å²) in [5, 5.41) is 10.4. The molecular formula is C29H40F4O4. The number of rotatable bonds is 8. The second-order valence-electron chi connectivity index (χ2n) is 9.42. The molecule has 37 heavy (non-hydrogen) atoms. The first-order chi connectivity index (χ1) is 17.4. The smallest absolute Gasteiger partial charge is 0.422 e. The molecule has 0 aliphatic heterocycles. The van der Waals surface area contributed by atoms with Crippen molar-refractivity contribution in [3.63, 3.8) is 0 Å². The number of carbonyl (C=O) groups is 1. The fourth-order valence-corrected chi connectivity index (χ4v) is 3.61. The summed E-state index contributed by atoms with van der Waals surface area (Å²) < 4.78 is 57.8. The van der Waals surface area contributed by atoms with E-state index in [1.54, 1.807) is 31.2 Å². The molecule has 1 fully saturated rings. The highest BCUT2D eigenvalue weighted by Crippen LogP contribution is 2.33. The lowest BCUT2D eigenvalue weighted by atomic mass is 9.78. The van der Waals surface area contributed by atoms with Crippen LogP contribution in [0, 0.1) is 18.7 Å². The molecule has 1 N–H and O–H groups in total. The molecule has 2 aromatic rings. The first-order valence-corrected chi connectivity index (χ1v) is 12.7. The van der Waals surface area contributed by atoms with E-state index >= 15 is 0 Å². The number of aliphatic hydroxyl groups is 1. The Morgan fingerprint density at radius 3 is 1.86 bits per heavy atom. The van der Waals surface area contributed by atoms with Crippen molar-refractivity contribution in [1.82, 2.24) is 0 Å². The van der Waals surface area contributed by atoms with Crippen LogP contribution in [0.2, 0.25) is 0 Å². The van der Waals surface area contributed by atoms with Crippen molar-refractivity contribution in [1.29, 1.82) is 0 Å². The molecule has 0 unspecified atom stereocenters. The van der Waals surface area contributed by atoms with E-state index in [1.165, 1.54) is 43.5 Å². The Balaban J connectivity index is 0.000000329. The van der Waals surface area contributed by atoms with Gasteiger partial charge in [-0.25, -0.2) is 4.39 Å². The summed E-state index contributed by atoms with van der Waals surface area (Å²) in [6.45, 7) is 6.82. The summed E-state index contributed by atoms with van der Waals surface area (Å²) in [5.41, 5.74) is 0.111. The number of unbranched alkanes of at least 4 members (excludes halogenated alkanes) is 2. The summed E-state index contributed by atoms with van der Waals surface area (Å²) in [4.78, 5) is 11.3. The fraction of sp³-hybridized carbons (Fsp3) is 0.552. The zero-order valence-corrected chi connectivity index (χ0v) is 22.2. The Labute approximate surface area is 218 Å². The molecule has 0 heterocycles. The van der Waals surface area contributed by atoms with Crippen LogP contribution in [-0.2, 0) is 4.79 Å². The number of aryl methyl sites for hydroxylation is 1. The van der Waals surface area contributed by atoms with Crippen LogP contribution < -0.4 is 9.47 Å². The first kappa shape index (κ1) is 32.4. The van der Waals surface area contributed by atoms with E-state index in [4.69, 9.17) is 4.74 Å². The van der Waals surface area contributed by atoms with Gasteiger partial charge in [0.15, 0.2) is 6.61 Å². The lowest BCUT2D eigenvalue weighted by molar-refractivity contribution is -0.153. The molecule has 0 spiro atoms. The normalized spacial score (nSPS) is 19.0. The quantitative estimate of drug-likeness (QED) is 0.355. The number of alkyl halides is 3. The first-order valence-electron chi connectivity index (χ1n) is 12.7. The van der Waals surface area contributed by atoms with Gasteiger partial charge in [0.2, 0.25) is 0 Å². The van der Waals surface area contributed by atoms with Crippen LogP contribution in [0.5, 0.6) is 11.5 Å². The third kappa shape index (κ3) is 14.6. The second-order valence-corrected chi connectivity index (χ2v) is 9.42. The minimum Gasteiger partial charge on any atom is -0.491 e. The monoisotopic (exact) mass is 528 g/mol. The zero-order valence-electron chi connectivity index (χ0n) is 22.2. The molecule has 4 nitrogen and oxygen atoms in total. The molecule has 0 amide bonds. The maximum atomic E-state index is 12.7. The number of Topliss-reactive ketones (excluding diaryl/α,β-unsaturated/α-hetero) is 1. The number of halogens is 4. The minimum atomic E-state index is -4.27. The standard InChI is InChI=1S/C15H19FO3.C9H9F3O.C5H12/c1-11(17)12-6-8-15(18,9-7-12)10-19-14-4-2-13(16)3-5-14;1-7-2-4-8(5-3-7)13-6-9(10,11)12;1-3-5-4-2/h2-5,12,18H,6-10H2,1H3;2-5H,6H2,1H3;3-5H2,1-2H3. The van der Waals surface area contributed by atoms with Crippen LogP contribution in [-0.4, -0.2) is 35.9 Å². The average molecular weight is 529 g/mol. The van der Waals surface area contributed by atoms with Gasteiger partial charge in [-0.2, -0.15) is 13.2 Å². The molecule has 0 saturated heterocycles. The van der Waals surface area contributed by atoms with Crippen LogP contribution in [0.25, 0.3) is 0 Å². The number of ketones is 1.